The number of fused-ring (bicyclic) bond motifs is 1. The molecule has 2 heterocycles. The Morgan fingerprint density at radius 3 is 2.59 bits per heavy atom. The Bertz CT molecular complexity index is 898. The van der Waals surface area contributed by atoms with Crippen LogP contribution in [0.25, 0.3) is 0 Å². The van der Waals surface area contributed by atoms with E-state index >= 15 is 0 Å². The Hall–Kier alpha value is -2.14. The van der Waals surface area contributed by atoms with Crippen molar-refractivity contribution in [2.45, 2.75) is 18.9 Å². The molecular weight excluding hydrogens is 385 g/mol. The van der Waals surface area contributed by atoms with E-state index in [4.69, 9.17) is 16.0 Å². The van der Waals surface area contributed by atoms with Crippen molar-refractivity contribution in [3.8, 4) is 11.5 Å². The van der Waals surface area contributed by atoms with Crippen molar-refractivity contribution in [1.29, 1.82) is 0 Å². The van der Waals surface area contributed by atoms with Crippen LogP contribution in [0.15, 0.2) is 59.2 Å². The van der Waals surface area contributed by atoms with E-state index in [0.717, 1.165) is 35.5 Å². The molecule has 1 aromatic heterocycles. The topological polar surface area (TPSA) is 56.8 Å². The Morgan fingerprint density at radius 2 is 1.89 bits per heavy atom. The summed E-state index contributed by atoms with van der Waals surface area (Å²) in [6.07, 6.45) is 2.38. The van der Waals surface area contributed by atoms with E-state index in [1.54, 1.807) is 12.3 Å². The standard InChI is InChI=1S/C21H20ClNO3.ClH/c22-20-16-8-9-23(12-15-7-4-10-26-15)13-18(14-5-2-1-3-6-14)17(16)11-19(24)21(20)25;/h1-7,10-11,18,24-25H,8-9,12-13H2;1H. The molecule has 0 spiro atoms. The minimum Gasteiger partial charge on any atom is -0.504 e. The number of furan rings is 1. The average Bonchev–Trinajstić information content (AvgIpc) is 3.10. The molecule has 1 atom stereocenters. The highest BCUT2D eigenvalue weighted by Gasteiger charge is 2.28. The number of halogens is 2. The highest BCUT2D eigenvalue weighted by Crippen LogP contribution is 2.43. The van der Waals surface area contributed by atoms with Gasteiger partial charge < -0.3 is 14.6 Å². The number of rotatable bonds is 3. The summed E-state index contributed by atoms with van der Waals surface area (Å²) < 4.78 is 5.51. The van der Waals surface area contributed by atoms with Crippen molar-refractivity contribution in [2.75, 3.05) is 13.1 Å². The van der Waals surface area contributed by atoms with Gasteiger partial charge >= 0.3 is 0 Å². The van der Waals surface area contributed by atoms with E-state index in [1.165, 1.54) is 0 Å². The third kappa shape index (κ3) is 3.93. The summed E-state index contributed by atoms with van der Waals surface area (Å²) in [6, 6.07) is 15.7. The molecule has 0 fully saturated rings. The molecule has 1 aliphatic heterocycles. The van der Waals surface area contributed by atoms with Gasteiger partial charge in [0.2, 0.25) is 0 Å². The fraction of sp³-hybridized carbons (Fsp3) is 0.238. The van der Waals surface area contributed by atoms with Crippen LogP contribution >= 0.6 is 24.0 Å². The first kappa shape index (κ1) is 19.6. The lowest BCUT2D eigenvalue weighted by Crippen LogP contribution is -2.28. The monoisotopic (exact) mass is 405 g/mol. The largest absolute Gasteiger partial charge is 0.504 e. The van der Waals surface area contributed by atoms with Crippen molar-refractivity contribution < 1.29 is 14.6 Å². The maximum atomic E-state index is 10.1. The van der Waals surface area contributed by atoms with Crippen LogP contribution in [0.3, 0.4) is 0 Å². The Balaban J connectivity index is 0.00000210. The van der Waals surface area contributed by atoms with Crippen LogP contribution in [0.2, 0.25) is 5.02 Å². The van der Waals surface area contributed by atoms with Gasteiger partial charge in [0.25, 0.3) is 0 Å². The van der Waals surface area contributed by atoms with Crippen LogP contribution in [0.4, 0.5) is 0 Å². The first-order chi connectivity index (χ1) is 12.6. The summed E-state index contributed by atoms with van der Waals surface area (Å²) in [5.41, 5.74) is 3.03. The van der Waals surface area contributed by atoms with Gasteiger partial charge in [-0.15, -0.1) is 12.4 Å². The van der Waals surface area contributed by atoms with Crippen molar-refractivity contribution in [3.63, 3.8) is 0 Å². The second-order valence-corrected chi connectivity index (χ2v) is 7.03. The van der Waals surface area contributed by atoms with Crippen LogP contribution in [0.1, 0.15) is 28.4 Å². The summed E-state index contributed by atoms with van der Waals surface area (Å²) in [5, 5.41) is 20.4. The fourth-order valence-electron chi connectivity index (χ4n) is 3.70. The molecule has 4 nitrogen and oxygen atoms in total. The van der Waals surface area contributed by atoms with Gasteiger partial charge in [-0.2, -0.15) is 0 Å². The molecule has 3 aromatic rings. The van der Waals surface area contributed by atoms with Gasteiger partial charge in [0, 0.05) is 19.0 Å². The first-order valence-corrected chi connectivity index (χ1v) is 9.04. The second kappa shape index (κ2) is 8.26. The molecule has 0 aliphatic carbocycles. The van der Waals surface area contributed by atoms with Crippen molar-refractivity contribution in [1.82, 2.24) is 4.90 Å². The average molecular weight is 406 g/mol. The SMILES string of the molecule is Cl.Oc1cc2c(c(Cl)c1O)CCN(Cc1ccco1)CC2c1ccccc1. The number of benzene rings is 2. The minimum atomic E-state index is -0.239. The van der Waals surface area contributed by atoms with Gasteiger partial charge in [0.1, 0.15) is 5.76 Å². The lowest BCUT2D eigenvalue weighted by molar-refractivity contribution is 0.246. The zero-order valence-electron chi connectivity index (χ0n) is 14.6. The van der Waals surface area contributed by atoms with Crippen LogP contribution in [0, 0.1) is 0 Å². The number of phenols is 2. The highest BCUT2D eigenvalue weighted by atomic mass is 35.5. The number of phenolic OH excluding ortho intramolecular Hbond substituents is 2. The van der Waals surface area contributed by atoms with Crippen LogP contribution in [-0.2, 0) is 13.0 Å². The molecule has 0 amide bonds. The minimum absolute atomic E-state index is 0. The lowest BCUT2D eigenvalue weighted by Gasteiger charge is -2.25. The number of hydrogen-bond acceptors (Lipinski definition) is 4. The van der Waals surface area contributed by atoms with Gasteiger partial charge in [-0.3, -0.25) is 4.90 Å². The molecule has 1 unspecified atom stereocenters. The number of hydrogen-bond donors (Lipinski definition) is 2. The molecule has 0 saturated carbocycles. The third-order valence-electron chi connectivity index (χ3n) is 5.01. The van der Waals surface area contributed by atoms with Crippen molar-refractivity contribution in [2.24, 2.45) is 0 Å². The third-order valence-corrected chi connectivity index (χ3v) is 5.42. The lowest BCUT2D eigenvalue weighted by atomic mass is 9.87. The molecule has 0 radical (unpaired) electrons. The molecule has 0 bridgehead atoms. The molecule has 2 N–H and O–H groups in total. The predicted molar refractivity (Wildman–Crippen MR) is 108 cm³/mol. The van der Waals surface area contributed by atoms with Crippen molar-refractivity contribution >= 4 is 24.0 Å². The van der Waals surface area contributed by atoms with Crippen LogP contribution < -0.4 is 0 Å². The molecular formula is C21H21Cl2NO3. The normalized spacial score (nSPS) is 17.0. The van der Waals surface area contributed by atoms with Gasteiger partial charge in [0.05, 0.1) is 17.8 Å². The van der Waals surface area contributed by atoms with E-state index in [9.17, 15) is 10.2 Å². The Labute approximate surface area is 169 Å². The summed E-state index contributed by atoms with van der Waals surface area (Å²) in [6.45, 7) is 2.28. The molecule has 6 heteroatoms. The van der Waals surface area contributed by atoms with Gasteiger partial charge in [-0.1, -0.05) is 41.9 Å². The van der Waals surface area contributed by atoms with E-state index in [0.29, 0.717) is 13.0 Å². The summed E-state index contributed by atoms with van der Waals surface area (Å²) in [7, 11) is 0. The zero-order chi connectivity index (χ0) is 18.1. The first-order valence-electron chi connectivity index (χ1n) is 8.66. The molecule has 27 heavy (non-hydrogen) atoms. The van der Waals surface area contributed by atoms with E-state index in [1.807, 2.05) is 30.3 Å². The number of nitrogens with zero attached hydrogens (tertiary/aromatic N) is 1. The maximum absolute atomic E-state index is 10.1. The number of aromatic hydroxyl groups is 2. The molecule has 2 aromatic carbocycles. The quantitative estimate of drug-likeness (QED) is 0.604. The Morgan fingerprint density at radius 1 is 1.11 bits per heavy atom. The van der Waals surface area contributed by atoms with Gasteiger partial charge in [0.15, 0.2) is 11.5 Å². The molecule has 4 rings (SSSR count). The predicted octanol–water partition coefficient (Wildman–Crippen LogP) is 4.96. The van der Waals surface area contributed by atoms with E-state index in [2.05, 4.69) is 17.0 Å². The molecule has 142 valence electrons. The molecule has 0 saturated heterocycles. The molecule has 1 aliphatic rings. The van der Waals surface area contributed by atoms with Gasteiger partial charge in [-0.25, -0.2) is 0 Å². The maximum Gasteiger partial charge on any atom is 0.176 e. The van der Waals surface area contributed by atoms with E-state index in [-0.39, 0.29) is 34.8 Å². The summed E-state index contributed by atoms with van der Waals surface area (Å²) in [5.74, 6) is 0.554. The summed E-state index contributed by atoms with van der Waals surface area (Å²) in [4.78, 5) is 2.32. The second-order valence-electron chi connectivity index (χ2n) is 6.65. The van der Waals surface area contributed by atoms with Crippen LogP contribution in [0.5, 0.6) is 11.5 Å². The van der Waals surface area contributed by atoms with Crippen LogP contribution in [-0.4, -0.2) is 28.2 Å². The fourth-order valence-corrected chi connectivity index (χ4v) is 4.00. The summed E-state index contributed by atoms with van der Waals surface area (Å²) >= 11 is 6.39. The van der Waals surface area contributed by atoms with E-state index < -0.39 is 0 Å². The highest BCUT2D eigenvalue weighted by molar-refractivity contribution is 6.33. The zero-order valence-corrected chi connectivity index (χ0v) is 16.2. The van der Waals surface area contributed by atoms with Crippen molar-refractivity contribution in [3.05, 3.63) is 82.3 Å². The smallest absolute Gasteiger partial charge is 0.176 e. The van der Waals surface area contributed by atoms with Gasteiger partial charge in [-0.05, 0) is 41.3 Å². The Kier molecular flexibility index (Phi) is 6.00.